The van der Waals surface area contributed by atoms with E-state index in [9.17, 15) is 22.8 Å². The highest BCUT2D eigenvalue weighted by atomic mass is 32.2. The number of likely N-dealkylation sites (N-methyl/N-ethyl adjacent to an activating group) is 1. The summed E-state index contributed by atoms with van der Waals surface area (Å²) in [4.78, 5) is 34.6. The average Bonchev–Trinajstić information content (AvgIpc) is 3.13. The Bertz CT molecular complexity index is 940. The first-order chi connectivity index (χ1) is 13.2. The fourth-order valence-electron chi connectivity index (χ4n) is 2.14. The minimum atomic E-state index is -3.91. The number of sulfonamides is 1. The van der Waals surface area contributed by atoms with Crippen LogP contribution in [0.4, 0.5) is 11.4 Å². The van der Waals surface area contributed by atoms with Gasteiger partial charge in [0.15, 0.2) is 0 Å². The summed E-state index contributed by atoms with van der Waals surface area (Å²) in [7, 11) is -2.66. The standard InChI is InChI=1S/C16H20N6O5S/c1-11(23)20-12-3-5-14(6-4-12)28(26,27)22(2)10-16(25)17-9-15(24)21-13-7-18-19-8-13/h3-8H,9-10H2,1-2H3,(H,17,25)(H,18,19)(H,20,23)(H,21,24). The molecule has 4 N–H and O–H groups in total. The third-order valence-electron chi connectivity index (χ3n) is 3.48. The van der Waals surface area contributed by atoms with Crippen molar-refractivity contribution in [3.8, 4) is 0 Å². The molecule has 11 nitrogen and oxygen atoms in total. The zero-order valence-electron chi connectivity index (χ0n) is 15.2. The summed E-state index contributed by atoms with van der Waals surface area (Å²) in [6.45, 7) is 0.560. The minimum Gasteiger partial charge on any atom is -0.346 e. The third kappa shape index (κ3) is 5.89. The van der Waals surface area contributed by atoms with E-state index in [2.05, 4.69) is 26.1 Å². The Labute approximate surface area is 161 Å². The van der Waals surface area contributed by atoms with E-state index in [1.54, 1.807) is 0 Å². The Morgan fingerprint density at radius 3 is 2.32 bits per heavy atom. The lowest BCUT2D eigenvalue weighted by Crippen LogP contribution is -2.41. The maximum Gasteiger partial charge on any atom is 0.243 e. The van der Waals surface area contributed by atoms with Crippen molar-refractivity contribution in [3.05, 3.63) is 36.7 Å². The predicted molar refractivity (Wildman–Crippen MR) is 101 cm³/mol. The van der Waals surface area contributed by atoms with Crippen LogP contribution < -0.4 is 16.0 Å². The van der Waals surface area contributed by atoms with E-state index >= 15 is 0 Å². The van der Waals surface area contributed by atoms with Crippen LogP contribution >= 0.6 is 0 Å². The molecule has 3 amide bonds. The molecule has 2 aromatic rings. The van der Waals surface area contributed by atoms with Gasteiger partial charge >= 0.3 is 0 Å². The van der Waals surface area contributed by atoms with Crippen LogP contribution in [0.5, 0.6) is 0 Å². The number of rotatable bonds is 8. The van der Waals surface area contributed by atoms with Crippen LogP contribution in [0.3, 0.4) is 0 Å². The van der Waals surface area contributed by atoms with E-state index in [1.807, 2.05) is 0 Å². The zero-order valence-corrected chi connectivity index (χ0v) is 16.0. The molecule has 1 aromatic carbocycles. The number of H-pyrrole nitrogens is 1. The number of benzene rings is 1. The second-order valence-electron chi connectivity index (χ2n) is 5.78. The molecule has 150 valence electrons. The number of aromatic amines is 1. The van der Waals surface area contributed by atoms with Gasteiger partial charge in [-0.2, -0.15) is 9.40 Å². The Hall–Kier alpha value is -3.25. The summed E-state index contributed by atoms with van der Waals surface area (Å²) in [5.74, 6) is -1.39. The highest BCUT2D eigenvalue weighted by Crippen LogP contribution is 2.17. The third-order valence-corrected chi connectivity index (χ3v) is 5.29. The molecule has 0 saturated carbocycles. The first kappa shape index (κ1) is 21.1. The monoisotopic (exact) mass is 408 g/mol. The van der Waals surface area contributed by atoms with E-state index in [4.69, 9.17) is 0 Å². The molecule has 28 heavy (non-hydrogen) atoms. The van der Waals surface area contributed by atoms with Crippen molar-refractivity contribution in [2.75, 3.05) is 30.8 Å². The number of hydrogen-bond donors (Lipinski definition) is 4. The quantitative estimate of drug-likeness (QED) is 0.472. The molecular formula is C16H20N6O5S. The lowest BCUT2D eigenvalue weighted by molar-refractivity contribution is -0.124. The van der Waals surface area contributed by atoms with Crippen molar-refractivity contribution in [2.45, 2.75) is 11.8 Å². The van der Waals surface area contributed by atoms with Crippen LogP contribution in [-0.4, -0.2) is 60.8 Å². The molecule has 0 fully saturated rings. The van der Waals surface area contributed by atoms with Crippen molar-refractivity contribution < 1.29 is 22.8 Å². The van der Waals surface area contributed by atoms with Crippen LogP contribution in [0.15, 0.2) is 41.6 Å². The molecule has 0 spiro atoms. The van der Waals surface area contributed by atoms with Crippen molar-refractivity contribution in [3.63, 3.8) is 0 Å². The predicted octanol–water partition coefficient (Wildman–Crippen LogP) is -0.256. The summed E-state index contributed by atoms with van der Waals surface area (Å²) in [6, 6.07) is 5.55. The summed E-state index contributed by atoms with van der Waals surface area (Å²) in [5, 5.41) is 13.6. The Kier molecular flexibility index (Phi) is 6.84. The molecule has 0 bridgehead atoms. The van der Waals surface area contributed by atoms with Gasteiger partial charge in [0.2, 0.25) is 27.7 Å². The van der Waals surface area contributed by atoms with Crippen LogP contribution in [0.1, 0.15) is 6.92 Å². The molecule has 12 heteroatoms. The van der Waals surface area contributed by atoms with Gasteiger partial charge in [0.1, 0.15) is 0 Å². The van der Waals surface area contributed by atoms with Gasteiger partial charge in [-0.1, -0.05) is 0 Å². The number of anilines is 2. The van der Waals surface area contributed by atoms with Crippen LogP contribution in [-0.2, 0) is 24.4 Å². The van der Waals surface area contributed by atoms with Gasteiger partial charge in [-0.3, -0.25) is 19.5 Å². The number of amides is 3. The van der Waals surface area contributed by atoms with Gasteiger partial charge in [-0.25, -0.2) is 8.42 Å². The first-order valence-corrected chi connectivity index (χ1v) is 9.52. The highest BCUT2D eigenvalue weighted by molar-refractivity contribution is 7.89. The number of carbonyl (C=O) groups excluding carboxylic acids is 3. The van der Waals surface area contributed by atoms with Crippen LogP contribution in [0.25, 0.3) is 0 Å². The van der Waals surface area contributed by atoms with E-state index < -0.39 is 28.4 Å². The van der Waals surface area contributed by atoms with Gasteiger partial charge in [-0.05, 0) is 24.3 Å². The fraction of sp³-hybridized carbons (Fsp3) is 0.250. The Balaban J connectivity index is 1.89. The number of carbonyl (C=O) groups is 3. The zero-order chi connectivity index (χ0) is 20.7. The van der Waals surface area contributed by atoms with Crippen molar-refractivity contribution >= 4 is 39.1 Å². The molecule has 0 atom stereocenters. The largest absolute Gasteiger partial charge is 0.346 e. The van der Waals surface area contributed by atoms with Crippen molar-refractivity contribution in [1.29, 1.82) is 0 Å². The number of aromatic nitrogens is 2. The van der Waals surface area contributed by atoms with Crippen molar-refractivity contribution in [1.82, 2.24) is 19.8 Å². The molecule has 1 heterocycles. The SMILES string of the molecule is CC(=O)Nc1ccc(S(=O)(=O)N(C)CC(=O)NCC(=O)Nc2cn[nH]c2)cc1. The molecule has 0 aliphatic rings. The molecule has 0 radical (unpaired) electrons. The topological polar surface area (TPSA) is 153 Å². The Morgan fingerprint density at radius 1 is 1.07 bits per heavy atom. The van der Waals surface area contributed by atoms with Crippen LogP contribution in [0.2, 0.25) is 0 Å². The van der Waals surface area contributed by atoms with Crippen LogP contribution in [0, 0.1) is 0 Å². The van der Waals surface area contributed by atoms with Gasteiger partial charge < -0.3 is 16.0 Å². The first-order valence-electron chi connectivity index (χ1n) is 8.08. The van der Waals surface area contributed by atoms with E-state index in [1.165, 1.54) is 50.6 Å². The van der Waals surface area contributed by atoms with E-state index in [0.717, 1.165) is 4.31 Å². The molecular weight excluding hydrogens is 388 g/mol. The summed E-state index contributed by atoms with van der Waals surface area (Å²) < 4.78 is 25.9. The average molecular weight is 408 g/mol. The van der Waals surface area contributed by atoms with Gasteiger partial charge in [0.05, 0.1) is 29.9 Å². The summed E-state index contributed by atoms with van der Waals surface area (Å²) in [5.41, 5.74) is 0.900. The number of nitrogens with one attached hydrogen (secondary N) is 4. The van der Waals surface area contributed by atoms with Gasteiger partial charge in [0, 0.05) is 25.9 Å². The summed E-state index contributed by atoms with van der Waals surface area (Å²) in [6.07, 6.45) is 2.87. The highest BCUT2D eigenvalue weighted by Gasteiger charge is 2.23. The lowest BCUT2D eigenvalue weighted by Gasteiger charge is -2.17. The molecule has 0 aliphatic carbocycles. The number of hydrogen-bond acceptors (Lipinski definition) is 6. The molecule has 2 rings (SSSR count). The Morgan fingerprint density at radius 2 is 1.75 bits per heavy atom. The molecule has 0 unspecified atom stereocenters. The second-order valence-corrected chi connectivity index (χ2v) is 7.82. The maximum atomic E-state index is 12.5. The maximum absolute atomic E-state index is 12.5. The molecule has 1 aromatic heterocycles. The van der Waals surface area contributed by atoms with E-state index in [-0.39, 0.29) is 17.3 Å². The fourth-order valence-corrected chi connectivity index (χ4v) is 3.27. The molecule has 0 saturated heterocycles. The smallest absolute Gasteiger partial charge is 0.243 e. The lowest BCUT2D eigenvalue weighted by atomic mass is 10.3. The van der Waals surface area contributed by atoms with Crippen molar-refractivity contribution in [2.24, 2.45) is 0 Å². The minimum absolute atomic E-state index is 0.0328. The van der Waals surface area contributed by atoms with E-state index in [0.29, 0.717) is 11.4 Å². The molecule has 0 aliphatic heterocycles. The van der Waals surface area contributed by atoms with Gasteiger partial charge in [-0.15, -0.1) is 0 Å². The van der Waals surface area contributed by atoms with Gasteiger partial charge in [0.25, 0.3) is 0 Å². The number of nitrogens with zero attached hydrogens (tertiary/aromatic N) is 2. The normalized spacial score (nSPS) is 11.1. The summed E-state index contributed by atoms with van der Waals surface area (Å²) >= 11 is 0. The second kappa shape index (κ2) is 9.10.